The zero-order valence-electron chi connectivity index (χ0n) is 16.2. The number of carbonyl (C=O) groups excluding carboxylic acids is 1. The van der Waals surface area contributed by atoms with Gasteiger partial charge in [-0.05, 0) is 48.5 Å². The minimum absolute atomic E-state index is 0.0203. The van der Waals surface area contributed by atoms with E-state index in [9.17, 15) is 18.4 Å². The third-order valence-electron chi connectivity index (χ3n) is 4.69. The molecule has 1 atom stereocenters. The number of sulfone groups is 1. The second kappa shape index (κ2) is 8.77. The lowest BCUT2D eigenvalue weighted by Crippen LogP contribution is -2.99. The summed E-state index contributed by atoms with van der Waals surface area (Å²) in [5.74, 6) is -0.768. The highest BCUT2D eigenvalue weighted by Gasteiger charge is 2.34. The molecule has 0 bridgehead atoms. The van der Waals surface area contributed by atoms with Crippen LogP contribution in [-0.2, 0) is 9.84 Å². The molecule has 1 aromatic heterocycles. The van der Waals surface area contributed by atoms with Gasteiger partial charge in [0.2, 0.25) is 15.6 Å². The van der Waals surface area contributed by atoms with E-state index in [0.717, 1.165) is 4.47 Å². The number of halogens is 1. The van der Waals surface area contributed by atoms with Gasteiger partial charge in [-0.15, -0.1) is 0 Å². The number of hydrogen-bond donors (Lipinski definition) is 2. The van der Waals surface area contributed by atoms with Gasteiger partial charge in [-0.25, -0.2) is 13.6 Å². The van der Waals surface area contributed by atoms with E-state index in [2.05, 4.69) is 21.1 Å². The number of ketones is 1. The Morgan fingerprint density at radius 1 is 0.969 bits per heavy atom. The average Bonchev–Trinajstić information content (AvgIpc) is 3.26. The maximum Gasteiger partial charge on any atom is 0.216 e. The number of carbonyl (C=O) groups is 1. The summed E-state index contributed by atoms with van der Waals surface area (Å²) in [6.07, 6.45) is 0. The average molecular weight is 515 g/mol. The molecule has 0 radical (unpaired) electrons. The first-order valence-corrected chi connectivity index (χ1v) is 11.5. The Hall–Kier alpha value is -3.15. The van der Waals surface area contributed by atoms with Gasteiger partial charge in [0.15, 0.2) is 22.0 Å². The number of rotatable bonds is 6. The largest absolute Gasteiger partial charge is 0.595 e. The van der Waals surface area contributed by atoms with Gasteiger partial charge in [0.05, 0.1) is 4.90 Å². The summed E-state index contributed by atoms with van der Waals surface area (Å²) in [5, 5.41) is 23.0. The molecule has 4 aromatic rings. The highest BCUT2D eigenvalue weighted by Crippen LogP contribution is 2.35. The summed E-state index contributed by atoms with van der Waals surface area (Å²) in [7, 11) is -4.20. The van der Waals surface area contributed by atoms with Crippen LogP contribution in [0.2, 0.25) is 0 Å². The van der Waals surface area contributed by atoms with E-state index in [1.54, 1.807) is 42.5 Å². The fourth-order valence-electron chi connectivity index (χ4n) is 3.08. The smallest absolute Gasteiger partial charge is 0.216 e. The van der Waals surface area contributed by atoms with Gasteiger partial charge in [0.25, 0.3) is 0 Å². The molecular weight excluding hydrogens is 500 g/mol. The van der Waals surface area contributed by atoms with Gasteiger partial charge >= 0.3 is 0 Å². The molecule has 1 heterocycles. The second-order valence-corrected chi connectivity index (χ2v) is 9.53. The van der Waals surface area contributed by atoms with Crippen molar-refractivity contribution in [2.75, 3.05) is 0 Å². The molecule has 10 heteroatoms. The Morgan fingerprint density at radius 2 is 1.59 bits per heavy atom. The van der Waals surface area contributed by atoms with E-state index in [4.69, 9.17) is 9.73 Å². The first-order chi connectivity index (χ1) is 15.3. The molecule has 0 aliphatic carbocycles. The van der Waals surface area contributed by atoms with E-state index in [-0.39, 0.29) is 38.1 Å². The Balaban J connectivity index is 1.92. The van der Waals surface area contributed by atoms with Crippen LogP contribution in [0.5, 0.6) is 0 Å². The quantitative estimate of drug-likeness (QED) is 0.297. The zero-order valence-corrected chi connectivity index (χ0v) is 18.6. The van der Waals surface area contributed by atoms with Gasteiger partial charge in [0.1, 0.15) is 0 Å². The van der Waals surface area contributed by atoms with Crippen LogP contribution >= 0.6 is 15.9 Å². The molecule has 3 aromatic carbocycles. The van der Waals surface area contributed by atoms with Gasteiger partial charge in [-0.1, -0.05) is 39.3 Å². The molecule has 32 heavy (non-hydrogen) atoms. The van der Waals surface area contributed by atoms with Crippen LogP contribution < -0.4 is 5.23 Å². The highest BCUT2D eigenvalue weighted by molar-refractivity contribution is 9.10. The third kappa shape index (κ3) is 4.14. The van der Waals surface area contributed by atoms with Gasteiger partial charge in [0, 0.05) is 27.7 Å². The molecule has 162 valence electrons. The fourth-order valence-corrected chi connectivity index (χ4v) is 4.88. The van der Waals surface area contributed by atoms with Crippen LogP contribution in [0.4, 0.5) is 5.69 Å². The predicted octanol–water partition coefficient (Wildman–Crippen LogP) is 3.57. The molecule has 0 aliphatic heterocycles. The van der Waals surface area contributed by atoms with Crippen LogP contribution in [0, 0.1) is 5.21 Å². The summed E-state index contributed by atoms with van der Waals surface area (Å²) in [6.45, 7) is 0. The lowest BCUT2D eigenvalue weighted by Gasteiger charge is -2.11. The van der Waals surface area contributed by atoms with E-state index < -0.39 is 20.8 Å². The van der Waals surface area contributed by atoms with Crippen molar-refractivity contribution in [2.45, 2.75) is 9.79 Å². The Kier molecular flexibility index (Phi) is 6.04. The lowest BCUT2D eigenvalue weighted by molar-refractivity contribution is -0.991. The first kappa shape index (κ1) is 22.1. The molecule has 0 aliphatic rings. The van der Waals surface area contributed by atoms with Crippen molar-refractivity contribution < 1.29 is 28.2 Å². The highest BCUT2D eigenvalue weighted by atomic mass is 79.9. The van der Waals surface area contributed by atoms with Crippen molar-refractivity contribution in [2.24, 2.45) is 0 Å². The van der Waals surface area contributed by atoms with Crippen LogP contribution in [0.25, 0.3) is 11.3 Å². The summed E-state index contributed by atoms with van der Waals surface area (Å²) in [6, 6.07) is 19.5. The maximum absolute atomic E-state index is 13.5. The van der Waals surface area contributed by atoms with Crippen molar-refractivity contribution in [1.29, 1.82) is 0 Å². The number of nitrogens with one attached hydrogen (secondary N) is 1. The van der Waals surface area contributed by atoms with E-state index in [0.29, 0.717) is 0 Å². The zero-order chi connectivity index (χ0) is 22.9. The molecule has 1 unspecified atom stereocenters. The Bertz CT molecular complexity index is 1370. The van der Waals surface area contributed by atoms with Crippen molar-refractivity contribution in [3.8, 4) is 11.3 Å². The van der Waals surface area contributed by atoms with Crippen molar-refractivity contribution >= 4 is 37.2 Å². The molecule has 0 spiro atoms. The molecule has 2 N–H and O–H groups in total. The van der Waals surface area contributed by atoms with E-state index in [1.165, 1.54) is 36.4 Å². The summed E-state index contributed by atoms with van der Waals surface area (Å²) in [4.78, 5) is 12.8. The second-order valence-electron chi connectivity index (χ2n) is 6.72. The summed E-state index contributed by atoms with van der Waals surface area (Å²) < 4.78 is 33.1. The Labute approximate surface area is 191 Å². The number of benzene rings is 3. The number of quaternary nitrogens is 1. The van der Waals surface area contributed by atoms with Gasteiger partial charge in [-0.2, -0.15) is 5.23 Å². The topological polar surface area (TPSA) is 125 Å². The molecular formula is C22H15BrN2O6S. The van der Waals surface area contributed by atoms with Crippen molar-refractivity contribution in [3.63, 3.8) is 0 Å². The Morgan fingerprint density at radius 3 is 2.19 bits per heavy atom. The number of nitrogens with zero attached hydrogens (tertiary/aromatic N) is 1. The van der Waals surface area contributed by atoms with Gasteiger partial charge in [-0.3, -0.25) is 4.79 Å². The van der Waals surface area contributed by atoms with Crippen LogP contribution in [-0.4, -0.2) is 24.6 Å². The van der Waals surface area contributed by atoms with Gasteiger partial charge < -0.3 is 9.73 Å². The predicted molar refractivity (Wildman–Crippen MR) is 117 cm³/mol. The minimum Gasteiger partial charge on any atom is -0.595 e. The molecule has 0 saturated heterocycles. The molecule has 4 rings (SSSR count). The molecule has 0 fully saturated rings. The maximum atomic E-state index is 13.5. The van der Waals surface area contributed by atoms with Crippen LogP contribution in [0.3, 0.4) is 0 Å². The van der Waals surface area contributed by atoms with Crippen molar-refractivity contribution in [3.05, 3.63) is 99.8 Å². The van der Waals surface area contributed by atoms with Crippen LogP contribution in [0.1, 0.15) is 16.1 Å². The molecule has 8 nitrogen and oxygen atoms in total. The lowest BCUT2D eigenvalue weighted by atomic mass is 10.1. The van der Waals surface area contributed by atoms with Crippen molar-refractivity contribution in [1.82, 2.24) is 5.16 Å². The molecule has 0 saturated carbocycles. The minimum atomic E-state index is -4.20. The SMILES string of the molecule is O=C(c1ccc(Br)cc1)c1noc(-c2ccc([NH+]([O-])O)cc2)c1S(=O)(=O)c1ccccc1. The first-order valence-electron chi connectivity index (χ1n) is 9.23. The van der Waals surface area contributed by atoms with E-state index >= 15 is 0 Å². The molecule has 0 amide bonds. The fraction of sp³-hybridized carbons (Fsp3) is 0. The monoisotopic (exact) mass is 514 g/mol. The van der Waals surface area contributed by atoms with Crippen LogP contribution in [0.15, 0.2) is 97.6 Å². The third-order valence-corrected chi connectivity index (χ3v) is 7.02. The number of aromatic nitrogens is 1. The summed E-state index contributed by atoms with van der Waals surface area (Å²) in [5.41, 5.74) is 0.172. The summed E-state index contributed by atoms with van der Waals surface area (Å²) >= 11 is 3.30. The van der Waals surface area contributed by atoms with E-state index in [1.807, 2.05) is 0 Å². The number of hydrogen-bond acceptors (Lipinski definition) is 7. The standard InChI is InChI=1S/C22H15BrN2O6S/c23-16-10-6-14(7-11-16)20(26)19-22(32(29,30)18-4-2-1-3-5-18)21(31-24-19)15-8-12-17(13-9-15)25(27)28/h1-13,25,27H. The normalized spacial score (nSPS) is 12.5.